The van der Waals surface area contributed by atoms with Crippen molar-refractivity contribution in [2.24, 2.45) is 0 Å². The van der Waals surface area contributed by atoms with E-state index in [-0.39, 0.29) is 22.7 Å². The van der Waals surface area contributed by atoms with Gasteiger partial charge in [0.2, 0.25) is 10.0 Å². The Kier molecular flexibility index (Phi) is 6.48. The Morgan fingerprint density at radius 3 is 2.83 bits per heavy atom. The summed E-state index contributed by atoms with van der Waals surface area (Å²) in [5.74, 6) is -0.261. The molecule has 2 atom stereocenters. The van der Waals surface area contributed by atoms with Crippen molar-refractivity contribution < 1.29 is 17.9 Å². The first-order valence-electron chi connectivity index (χ1n) is 7.94. The largest absolute Gasteiger partial charge is 0.378 e. The Labute approximate surface area is 148 Å². The maximum absolute atomic E-state index is 12.3. The van der Waals surface area contributed by atoms with Gasteiger partial charge in [-0.2, -0.15) is 0 Å². The topological polar surface area (TPSA) is 84.5 Å². The van der Waals surface area contributed by atoms with E-state index in [0.717, 1.165) is 38.5 Å². The van der Waals surface area contributed by atoms with Crippen molar-refractivity contribution in [2.75, 3.05) is 17.6 Å². The molecule has 0 radical (unpaired) electrons. The van der Waals surface area contributed by atoms with Crippen LogP contribution in [0.15, 0.2) is 18.2 Å². The van der Waals surface area contributed by atoms with Crippen molar-refractivity contribution in [3.8, 4) is 0 Å². The molecule has 1 heterocycles. The van der Waals surface area contributed by atoms with Crippen LogP contribution in [-0.2, 0) is 14.8 Å². The summed E-state index contributed by atoms with van der Waals surface area (Å²) in [6.45, 7) is 2.77. The van der Waals surface area contributed by atoms with Gasteiger partial charge in [0.25, 0.3) is 5.91 Å². The van der Waals surface area contributed by atoms with E-state index in [9.17, 15) is 13.2 Å². The summed E-state index contributed by atoms with van der Waals surface area (Å²) in [5, 5.41) is 3.15. The predicted molar refractivity (Wildman–Crippen MR) is 95.1 cm³/mol. The standard InChI is InChI=1S/C16H23ClN2O4S/c1-11(5-7-13-4-3-9-23-13)18-16(20)12-6-8-14(17)15(10-12)19-24(2,21)22/h6,8,10-11,13,19H,3-5,7,9H2,1-2H3,(H,18,20)/t11-,13-/m0/s1. The SMILES string of the molecule is C[C@@H](CC[C@@H]1CCCO1)NC(=O)c1ccc(Cl)c(NS(C)(=O)=O)c1. The first-order valence-corrected chi connectivity index (χ1v) is 10.2. The summed E-state index contributed by atoms with van der Waals surface area (Å²) < 4.78 is 30.6. The van der Waals surface area contributed by atoms with Gasteiger partial charge in [-0.25, -0.2) is 8.42 Å². The molecule has 24 heavy (non-hydrogen) atoms. The second kappa shape index (κ2) is 8.18. The lowest BCUT2D eigenvalue weighted by molar-refractivity contribution is 0.0899. The zero-order chi connectivity index (χ0) is 17.7. The van der Waals surface area contributed by atoms with Gasteiger partial charge in [0.05, 0.1) is 23.1 Å². The van der Waals surface area contributed by atoms with E-state index in [2.05, 4.69) is 10.0 Å². The molecular weight excluding hydrogens is 352 g/mol. The molecule has 1 fully saturated rings. The number of halogens is 1. The zero-order valence-electron chi connectivity index (χ0n) is 13.8. The van der Waals surface area contributed by atoms with Crippen molar-refractivity contribution in [1.29, 1.82) is 0 Å². The molecule has 0 saturated carbocycles. The molecule has 1 aromatic rings. The van der Waals surface area contributed by atoms with E-state index in [1.54, 1.807) is 6.07 Å². The number of rotatable bonds is 7. The van der Waals surface area contributed by atoms with Crippen LogP contribution < -0.4 is 10.0 Å². The van der Waals surface area contributed by atoms with Crippen LogP contribution in [0, 0.1) is 0 Å². The molecule has 1 aliphatic rings. The first-order chi connectivity index (χ1) is 11.2. The summed E-state index contributed by atoms with van der Waals surface area (Å²) in [4.78, 5) is 12.3. The molecular formula is C16H23ClN2O4S. The van der Waals surface area contributed by atoms with Gasteiger partial charge in [-0.1, -0.05) is 11.6 Å². The summed E-state index contributed by atoms with van der Waals surface area (Å²) in [6.07, 6.45) is 5.26. The molecule has 6 nitrogen and oxygen atoms in total. The highest BCUT2D eigenvalue weighted by atomic mass is 35.5. The van der Waals surface area contributed by atoms with Gasteiger partial charge in [-0.3, -0.25) is 9.52 Å². The summed E-state index contributed by atoms with van der Waals surface area (Å²) in [7, 11) is -3.46. The smallest absolute Gasteiger partial charge is 0.251 e. The molecule has 0 bridgehead atoms. The van der Waals surface area contributed by atoms with Crippen molar-refractivity contribution in [2.45, 2.75) is 44.8 Å². The Morgan fingerprint density at radius 1 is 1.46 bits per heavy atom. The van der Waals surface area contributed by atoms with Crippen LogP contribution in [0.25, 0.3) is 0 Å². The molecule has 2 N–H and O–H groups in total. The molecule has 1 aliphatic heterocycles. The lowest BCUT2D eigenvalue weighted by atomic mass is 10.1. The highest BCUT2D eigenvalue weighted by molar-refractivity contribution is 7.92. The van der Waals surface area contributed by atoms with E-state index in [0.29, 0.717) is 11.7 Å². The van der Waals surface area contributed by atoms with Crippen LogP contribution in [0.5, 0.6) is 0 Å². The van der Waals surface area contributed by atoms with Crippen molar-refractivity contribution in [3.63, 3.8) is 0 Å². The molecule has 0 spiro atoms. The maximum atomic E-state index is 12.3. The third kappa shape index (κ3) is 5.96. The van der Waals surface area contributed by atoms with Gasteiger partial charge < -0.3 is 10.1 Å². The Bertz CT molecular complexity index is 687. The van der Waals surface area contributed by atoms with Gasteiger partial charge in [0.15, 0.2) is 0 Å². The average Bonchev–Trinajstić information content (AvgIpc) is 2.99. The maximum Gasteiger partial charge on any atom is 0.251 e. The summed E-state index contributed by atoms with van der Waals surface area (Å²) in [6, 6.07) is 4.51. The van der Waals surface area contributed by atoms with Crippen LogP contribution in [0.3, 0.4) is 0 Å². The lowest BCUT2D eigenvalue weighted by Crippen LogP contribution is -2.33. The number of benzene rings is 1. The summed E-state index contributed by atoms with van der Waals surface area (Å²) in [5.41, 5.74) is 0.549. The monoisotopic (exact) mass is 374 g/mol. The second-order valence-electron chi connectivity index (χ2n) is 6.16. The van der Waals surface area contributed by atoms with Gasteiger partial charge in [0, 0.05) is 18.2 Å². The zero-order valence-corrected chi connectivity index (χ0v) is 15.4. The first kappa shape index (κ1) is 19.0. The van der Waals surface area contributed by atoms with Crippen molar-refractivity contribution in [1.82, 2.24) is 5.32 Å². The van der Waals surface area contributed by atoms with E-state index in [4.69, 9.17) is 16.3 Å². The minimum absolute atomic E-state index is 0.00342. The predicted octanol–water partition coefficient (Wildman–Crippen LogP) is 2.79. The van der Waals surface area contributed by atoms with Crippen LogP contribution >= 0.6 is 11.6 Å². The van der Waals surface area contributed by atoms with Gasteiger partial charge in [-0.05, 0) is 50.8 Å². The molecule has 8 heteroatoms. The third-order valence-electron chi connectivity index (χ3n) is 3.85. The van der Waals surface area contributed by atoms with Gasteiger partial charge >= 0.3 is 0 Å². The number of nitrogens with one attached hydrogen (secondary N) is 2. The molecule has 2 rings (SSSR count). The number of hydrogen-bond acceptors (Lipinski definition) is 4. The van der Waals surface area contributed by atoms with Crippen LogP contribution in [0.2, 0.25) is 5.02 Å². The van der Waals surface area contributed by atoms with Crippen LogP contribution in [0.1, 0.15) is 43.0 Å². The normalized spacial score (nSPS) is 19.0. The molecule has 1 saturated heterocycles. The van der Waals surface area contributed by atoms with Crippen LogP contribution in [0.4, 0.5) is 5.69 Å². The molecule has 134 valence electrons. The number of sulfonamides is 1. The number of hydrogen-bond donors (Lipinski definition) is 2. The molecule has 0 aliphatic carbocycles. The van der Waals surface area contributed by atoms with E-state index < -0.39 is 10.0 Å². The molecule has 1 aromatic carbocycles. The number of amides is 1. The minimum atomic E-state index is -3.46. The number of carbonyl (C=O) groups excluding carboxylic acids is 1. The average molecular weight is 375 g/mol. The van der Waals surface area contributed by atoms with Crippen molar-refractivity contribution in [3.05, 3.63) is 28.8 Å². The fourth-order valence-electron chi connectivity index (χ4n) is 2.63. The van der Waals surface area contributed by atoms with Gasteiger partial charge in [-0.15, -0.1) is 0 Å². The highest BCUT2D eigenvalue weighted by Gasteiger charge is 2.18. The fraction of sp³-hybridized carbons (Fsp3) is 0.562. The Morgan fingerprint density at radius 2 is 2.21 bits per heavy atom. The van der Waals surface area contributed by atoms with Gasteiger partial charge in [0.1, 0.15) is 0 Å². The van der Waals surface area contributed by atoms with E-state index >= 15 is 0 Å². The Balaban J connectivity index is 1.94. The Hall–Kier alpha value is -1.31. The quantitative estimate of drug-likeness (QED) is 0.768. The highest BCUT2D eigenvalue weighted by Crippen LogP contribution is 2.24. The number of anilines is 1. The molecule has 0 unspecified atom stereocenters. The van der Waals surface area contributed by atoms with E-state index in [1.807, 2.05) is 6.92 Å². The summed E-state index contributed by atoms with van der Waals surface area (Å²) >= 11 is 5.96. The second-order valence-corrected chi connectivity index (χ2v) is 8.31. The lowest BCUT2D eigenvalue weighted by Gasteiger charge is -2.17. The third-order valence-corrected chi connectivity index (χ3v) is 4.77. The number of ether oxygens (including phenoxy) is 1. The van der Waals surface area contributed by atoms with E-state index in [1.165, 1.54) is 12.1 Å². The van der Waals surface area contributed by atoms with Crippen LogP contribution in [-0.4, -0.2) is 39.3 Å². The minimum Gasteiger partial charge on any atom is -0.378 e. The molecule has 1 amide bonds. The van der Waals surface area contributed by atoms with Crippen molar-refractivity contribution >= 4 is 33.2 Å². The molecule has 0 aromatic heterocycles. The number of carbonyl (C=O) groups is 1. The fourth-order valence-corrected chi connectivity index (χ4v) is 3.42.